The molecule has 0 aromatic heterocycles. The van der Waals surface area contributed by atoms with Gasteiger partial charge in [0, 0.05) is 17.9 Å². The van der Waals surface area contributed by atoms with Gasteiger partial charge >= 0.3 is 0 Å². The van der Waals surface area contributed by atoms with Crippen LogP contribution in [0.25, 0.3) is 11.1 Å². The SMILES string of the molecule is O=C1c2ccc(-c3ccccc3)cc2C(=O)N1CCCC(/C=N/NC(=S)Nc1ccc(F)cc1)=N\NC(=S)Nc1ccc(F)cc1. The first-order valence-electron chi connectivity index (χ1n) is 14.1. The fourth-order valence-corrected chi connectivity index (χ4v) is 4.88. The lowest BCUT2D eigenvalue weighted by molar-refractivity contribution is 0.0653. The van der Waals surface area contributed by atoms with Gasteiger partial charge in [0.2, 0.25) is 0 Å². The Kier molecular flexibility index (Phi) is 10.5. The van der Waals surface area contributed by atoms with Gasteiger partial charge in [0.25, 0.3) is 11.8 Å². The summed E-state index contributed by atoms with van der Waals surface area (Å²) in [6, 6.07) is 26.2. The molecule has 0 saturated carbocycles. The van der Waals surface area contributed by atoms with Crippen molar-refractivity contribution in [3.05, 3.63) is 120 Å². The zero-order chi connectivity index (χ0) is 32.5. The van der Waals surface area contributed by atoms with Crippen LogP contribution in [0.5, 0.6) is 0 Å². The van der Waals surface area contributed by atoms with Crippen molar-refractivity contribution in [2.24, 2.45) is 10.2 Å². The van der Waals surface area contributed by atoms with E-state index in [1.165, 1.54) is 59.6 Å². The molecule has 46 heavy (non-hydrogen) atoms. The second-order valence-corrected chi connectivity index (χ2v) is 10.8. The Labute approximate surface area is 274 Å². The molecule has 0 aliphatic carbocycles. The summed E-state index contributed by atoms with van der Waals surface area (Å²) in [5.41, 5.74) is 9.48. The minimum atomic E-state index is -0.380. The number of hydrogen-bond acceptors (Lipinski definition) is 6. The summed E-state index contributed by atoms with van der Waals surface area (Å²) in [5.74, 6) is -1.46. The molecule has 0 spiro atoms. The highest BCUT2D eigenvalue weighted by Crippen LogP contribution is 2.28. The summed E-state index contributed by atoms with van der Waals surface area (Å²) in [6.45, 7) is 0.149. The molecule has 2 amide bonds. The Balaban J connectivity index is 1.22. The topological polar surface area (TPSA) is 110 Å². The van der Waals surface area contributed by atoms with E-state index in [9.17, 15) is 18.4 Å². The number of fused-ring (bicyclic) bond motifs is 1. The van der Waals surface area contributed by atoms with Gasteiger partial charge in [-0.1, -0.05) is 36.4 Å². The lowest BCUT2D eigenvalue weighted by Crippen LogP contribution is -2.31. The lowest BCUT2D eigenvalue weighted by atomic mass is 10.0. The van der Waals surface area contributed by atoms with E-state index in [1.54, 1.807) is 12.1 Å². The van der Waals surface area contributed by atoms with Crippen LogP contribution in [0.4, 0.5) is 20.2 Å². The quantitative estimate of drug-likeness (QED) is 0.0680. The molecule has 5 rings (SSSR count). The molecule has 4 N–H and O–H groups in total. The highest BCUT2D eigenvalue weighted by atomic mass is 32.1. The normalized spacial score (nSPS) is 12.7. The van der Waals surface area contributed by atoms with E-state index in [-0.39, 0.29) is 40.2 Å². The minimum absolute atomic E-state index is 0.147. The molecule has 0 bridgehead atoms. The summed E-state index contributed by atoms with van der Waals surface area (Å²) >= 11 is 10.5. The molecule has 0 unspecified atom stereocenters. The van der Waals surface area contributed by atoms with Crippen molar-refractivity contribution >= 4 is 69.8 Å². The van der Waals surface area contributed by atoms with Crippen LogP contribution in [0, 0.1) is 11.6 Å². The van der Waals surface area contributed by atoms with Gasteiger partial charge in [-0.3, -0.25) is 25.3 Å². The van der Waals surface area contributed by atoms with Gasteiger partial charge in [0.05, 0.1) is 23.1 Å². The van der Waals surface area contributed by atoms with Crippen molar-refractivity contribution in [2.45, 2.75) is 12.8 Å². The van der Waals surface area contributed by atoms with Gasteiger partial charge < -0.3 is 10.6 Å². The second-order valence-electron chi connectivity index (χ2n) is 10.00. The van der Waals surface area contributed by atoms with Gasteiger partial charge in [-0.05, 0) is 109 Å². The predicted molar refractivity (Wildman–Crippen MR) is 184 cm³/mol. The minimum Gasteiger partial charge on any atom is -0.331 e. The van der Waals surface area contributed by atoms with E-state index in [1.807, 2.05) is 36.4 Å². The molecule has 1 aliphatic heterocycles. The Morgan fingerprint density at radius 3 is 1.93 bits per heavy atom. The Morgan fingerprint density at radius 1 is 0.717 bits per heavy atom. The van der Waals surface area contributed by atoms with Crippen LogP contribution in [0.1, 0.15) is 33.6 Å². The largest absolute Gasteiger partial charge is 0.331 e. The Hall–Kier alpha value is -5.40. The summed E-state index contributed by atoms with van der Waals surface area (Å²) in [7, 11) is 0. The van der Waals surface area contributed by atoms with Crippen LogP contribution in [-0.2, 0) is 0 Å². The fraction of sp³-hybridized carbons (Fsp3) is 0.0909. The maximum atomic E-state index is 13.2. The molecule has 9 nitrogen and oxygen atoms in total. The number of anilines is 2. The molecule has 13 heteroatoms. The molecule has 0 saturated heterocycles. The molecule has 0 fully saturated rings. The van der Waals surface area contributed by atoms with E-state index in [0.29, 0.717) is 41.1 Å². The Morgan fingerprint density at radius 2 is 1.30 bits per heavy atom. The van der Waals surface area contributed by atoms with Crippen molar-refractivity contribution in [1.29, 1.82) is 0 Å². The van der Waals surface area contributed by atoms with E-state index < -0.39 is 0 Å². The monoisotopic (exact) mass is 655 g/mol. The number of nitrogens with one attached hydrogen (secondary N) is 4. The number of carbonyl (C=O) groups excluding carboxylic acids is 2. The number of rotatable bonds is 10. The van der Waals surface area contributed by atoms with Gasteiger partial charge in [-0.2, -0.15) is 10.2 Å². The number of hydrogen-bond donors (Lipinski definition) is 4. The fourth-order valence-electron chi connectivity index (χ4n) is 4.54. The average molecular weight is 656 g/mol. The number of thiocarbonyl (C=S) groups is 2. The number of imide groups is 1. The number of carbonyl (C=O) groups is 2. The number of amides is 2. The average Bonchev–Trinajstić information content (AvgIpc) is 3.30. The summed E-state index contributed by atoms with van der Waals surface area (Å²) in [4.78, 5) is 27.5. The maximum Gasteiger partial charge on any atom is 0.261 e. The van der Waals surface area contributed by atoms with Crippen LogP contribution in [0.15, 0.2) is 107 Å². The Bertz CT molecular complexity index is 1820. The van der Waals surface area contributed by atoms with Crippen LogP contribution in [0.2, 0.25) is 0 Å². The first-order chi connectivity index (χ1) is 22.3. The van der Waals surface area contributed by atoms with Gasteiger partial charge in [0.1, 0.15) is 11.6 Å². The highest BCUT2D eigenvalue weighted by molar-refractivity contribution is 7.80. The molecule has 1 aliphatic rings. The number of benzene rings is 4. The van der Waals surface area contributed by atoms with Crippen molar-refractivity contribution in [3.8, 4) is 11.1 Å². The summed E-state index contributed by atoms with van der Waals surface area (Å²) < 4.78 is 26.4. The van der Waals surface area contributed by atoms with Gasteiger partial charge in [0.15, 0.2) is 10.2 Å². The van der Waals surface area contributed by atoms with E-state index in [0.717, 1.165) is 11.1 Å². The van der Waals surface area contributed by atoms with Crippen LogP contribution >= 0.6 is 24.4 Å². The van der Waals surface area contributed by atoms with Crippen LogP contribution in [-0.4, -0.2) is 45.4 Å². The molecule has 0 radical (unpaired) electrons. The first-order valence-corrected chi connectivity index (χ1v) is 14.9. The third-order valence-electron chi connectivity index (χ3n) is 6.78. The third-order valence-corrected chi connectivity index (χ3v) is 7.16. The van der Waals surface area contributed by atoms with Crippen molar-refractivity contribution < 1.29 is 18.4 Å². The molecule has 0 atom stereocenters. The van der Waals surface area contributed by atoms with Crippen LogP contribution in [0.3, 0.4) is 0 Å². The zero-order valence-corrected chi connectivity index (χ0v) is 25.8. The number of halogens is 2. The lowest BCUT2D eigenvalue weighted by Gasteiger charge is -2.13. The molecule has 232 valence electrons. The smallest absolute Gasteiger partial charge is 0.261 e. The van der Waals surface area contributed by atoms with Crippen molar-refractivity contribution in [1.82, 2.24) is 15.8 Å². The summed E-state index contributed by atoms with van der Waals surface area (Å²) in [6.07, 6.45) is 2.10. The highest BCUT2D eigenvalue weighted by Gasteiger charge is 2.35. The number of nitrogens with zero attached hydrogens (tertiary/aromatic N) is 3. The van der Waals surface area contributed by atoms with E-state index >= 15 is 0 Å². The van der Waals surface area contributed by atoms with Gasteiger partial charge in [-0.15, -0.1) is 0 Å². The molecular weight excluding hydrogens is 629 g/mol. The van der Waals surface area contributed by atoms with Crippen molar-refractivity contribution in [3.63, 3.8) is 0 Å². The molecule has 1 heterocycles. The number of hydrazone groups is 2. The maximum absolute atomic E-state index is 13.2. The summed E-state index contributed by atoms with van der Waals surface area (Å²) in [5, 5.41) is 14.5. The van der Waals surface area contributed by atoms with Crippen molar-refractivity contribution in [2.75, 3.05) is 17.2 Å². The first kappa shape index (κ1) is 32.0. The molecular formula is C33H27F2N7O2S2. The zero-order valence-electron chi connectivity index (χ0n) is 24.2. The second kappa shape index (κ2) is 15.1. The molecule has 4 aromatic carbocycles. The standard InChI is InChI=1S/C33H27F2N7O2S2/c34-23-9-13-25(14-10-23)37-32(45)40-36-20-27(39-41-33(46)38-26-15-11-24(35)12-16-26)7-4-18-42-30(43)28-17-8-22(19-29(28)31(42)44)21-5-2-1-3-6-21/h1-3,5-6,8-17,19-20H,4,7,18H2,(H2,37,40,45)(H2,38,41,46)/b36-20+,39-27+. The predicted octanol–water partition coefficient (Wildman–Crippen LogP) is 6.32. The third kappa shape index (κ3) is 8.40. The van der Waals surface area contributed by atoms with E-state index in [4.69, 9.17) is 24.4 Å². The van der Waals surface area contributed by atoms with E-state index in [2.05, 4.69) is 31.7 Å². The molecule has 4 aromatic rings. The van der Waals surface area contributed by atoms with Crippen LogP contribution < -0.4 is 21.5 Å². The van der Waals surface area contributed by atoms with Gasteiger partial charge in [-0.25, -0.2) is 8.78 Å².